The van der Waals surface area contributed by atoms with Gasteiger partial charge < -0.3 is 0 Å². The quantitative estimate of drug-likeness (QED) is 0.179. The second-order valence-corrected chi connectivity index (χ2v) is 54.6. The molecule has 0 heterocycles. The monoisotopic (exact) mass is 2270 g/mol. The van der Waals surface area contributed by atoms with Gasteiger partial charge in [-0.2, -0.15) is 0 Å². The molecular formula is C8I17O. The van der Waals surface area contributed by atoms with Crippen LogP contribution in [0.4, 0.5) is 0 Å². The molecule has 1 atom stereocenters. The van der Waals surface area contributed by atoms with Gasteiger partial charge in [-0.25, -0.2) is 5.11 Å². The van der Waals surface area contributed by atoms with Crippen molar-refractivity contribution in [2.24, 2.45) is 0 Å². The predicted octanol–water partition coefficient (Wildman–Crippen LogP) is 13.3. The lowest BCUT2D eigenvalue weighted by atomic mass is 10.1. The predicted molar refractivity (Wildman–Crippen MR) is 261 cm³/mol. The average Bonchev–Trinajstić information content (AvgIpc) is 2.34. The highest BCUT2D eigenvalue weighted by atomic mass is 127. The van der Waals surface area contributed by atoms with Crippen molar-refractivity contribution in [3.63, 3.8) is 0 Å². The van der Waals surface area contributed by atoms with Crippen molar-refractivity contribution in [3.05, 3.63) is 0 Å². The van der Waals surface area contributed by atoms with Crippen LogP contribution in [0.15, 0.2) is 0 Å². The van der Waals surface area contributed by atoms with E-state index >= 15 is 0 Å². The SMILES string of the molecule is [O]C(I)(C(I)(I)I)C(I)(I)C(I)(I)C(I)(I)C(I)(I)C(I)(I)C(I)(I)I. The van der Waals surface area contributed by atoms with Gasteiger partial charge in [-0.1, -0.05) is 361 Å². The summed E-state index contributed by atoms with van der Waals surface area (Å²) in [6, 6.07) is 0. The van der Waals surface area contributed by atoms with E-state index in [0.717, 1.165) is 0 Å². The minimum Gasteiger partial charge on any atom is -0.212 e. The first-order chi connectivity index (χ1) is 10.8. The van der Waals surface area contributed by atoms with Crippen molar-refractivity contribution in [1.82, 2.24) is 0 Å². The summed E-state index contributed by atoms with van der Waals surface area (Å²) in [6.07, 6.45) is 0. The van der Waals surface area contributed by atoms with Crippen LogP contribution in [0.2, 0.25) is 0 Å². The highest BCUT2D eigenvalue weighted by molar-refractivity contribution is 14.3. The summed E-state index contributed by atoms with van der Waals surface area (Å²) in [6.45, 7) is 0. The maximum atomic E-state index is 13.9. The highest BCUT2D eigenvalue weighted by Crippen LogP contribution is 2.78. The van der Waals surface area contributed by atoms with Gasteiger partial charge in [0.25, 0.3) is 0 Å². The van der Waals surface area contributed by atoms with Crippen LogP contribution in [0.5, 0.6) is 0 Å². The molecule has 0 aromatic carbocycles. The molecule has 0 aromatic rings. The molecule has 1 nitrogen and oxygen atoms in total. The smallest absolute Gasteiger partial charge is 0.212 e. The van der Waals surface area contributed by atoms with E-state index in [-0.39, 0.29) is 5.15 Å². The minimum absolute atomic E-state index is 0.00631. The molecule has 0 aromatic heterocycles. The van der Waals surface area contributed by atoms with Crippen LogP contribution < -0.4 is 0 Å². The van der Waals surface area contributed by atoms with E-state index in [1.165, 1.54) is 0 Å². The zero-order valence-electron chi connectivity index (χ0n) is 10.8. The fourth-order valence-corrected chi connectivity index (χ4v) is 24.6. The van der Waals surface area contributed by atoms with Gasteiger partial charge in [0.15, 0.2) is -0.565 Å². The average molecular weight is 2270 g/mol. The molecule has 1 radical (unpaired) electrons. The van der Waals surface area contributed by atoms with Gasteiger partial charge in [0.1, 0.15) is 6.58 Å². The summed E-state index contributed by atoms with van der Waals surface area (Å²) in [4.78, 5) is 0. The van der Waals surface area contributed by atoms with Crippen molar-refractivity contribution in [2.75, 3.05) is 0 Å². The summed E-state index contributed by atoms with van der Waals surface area (Å²) >= 11 is 42.1. The number of hydrogen-bond acceptors (Lipinski definition) is 0. The van der Waals surface area contributed by atoms with Gasteiger partial charge in [-0.15, -0.1) is 0 Å². The summed E-state index contributed by atoms with van der Waals surface area (Å²) in [5.74, 6) is 0. The van der Waals surface area contributed by atoms with E-state index in [2.05, 4.69) is 384 Å². The fraction of sp³-hybridized carbons (Fsp3) is 1.00. The molecule has 0 fully saturated rings. The Bertz CT molecular complexity index is 474. The summed E-state index contributed by atoms with van der Waals surface area (Å²) in [5.41, 5.74) is 0. The largest absolute Gasteiger partial charge is 0.212 e. The Morgan fingerprint density at radius 1 is 0.308 bits per heavy atom. The molecule has 0 saturated carbocycles. The first-order valence-corrected chi connectivity index (χ1v) is 23.5. The van der Waals surface area contributed by atoms with Crippen LogP contribution in [-0.2, 0) is 5.11 Å². The number of halogens is 17. The van der Waals surface area contributed by atoms with E-state index in [0.29, 0.717) is 0 Å². The third kappa shape index (κ3) is 8.01. The lowest BCUT2D eigenvalue weighted by molar-refractivity contribution is 0.0861. The van der Waals surface area contributed by atoms with Crippen molar-refractivity contribution in [2.45, 2.75) is 9.62 Å². The Balaban J connectivity index is 6.61. The van der Waals surface area contributed by atoms with Crippen LogP contribution in [0, 0.1) is 0 Å². The number of hydrogen-bond donors (Lipinski definition) is 0. The van der Waals surface area contributed by atoms with Crippen molar-refractivity contribution < 1.29 is 5.11 Å². The zero-order valence-corrected chi connectivity index (χ0v) is 47.5. The number of alkyl halides is 17. The van der Waals surface area contributed by atoms with E-state index in [1.54, 1.807) is 0 Å². The summed E-state index contributed by atoms with van der Waals surface area (Å²) in [5, 5.41) is 13.9. The lowest BCUT2D eigenvalue weighted by Crippen LogP contribution is -2.67. The molecule has 0 rings (SSSR count). The van der Waals surface area contributed by atoms with Crippen LogP contribution in [-0.4, -0.2) is 9.62 Å². The normalized spacial score (nSPS) is 18.7. The van der Waals surface area contributed by atoms with Crippen molar-refractivity contribution in [3.8, 4) is 0 Å². The van der Waals surface area contributed by atoms with Crippen molar-refractivity contribution >= 4 is 384 Å². The molecule has 0 N–H and O–H groups in total. The second kappa shape index (κ2) is 13.6. The van der Waals surface area contributed by atoms with Crippen LogP contribution >= 0.6 is 384 Å². The Hall–Kier alpha value is 12.4. The third-order valence-corrected chi connectivity index (χ3v) is 53.0. The molecule has 0 amide bonds. The number of rotatable bonds is 7. The van der Waals surface area contributed by atoms with Gasteiger partial charge >= 0.3 is 0 Å². The first-order valence-electron chi connectivity index (χ1n) is 5.17. The standard InChI is InChI=1S/C8I17O/c9-1(10,3(13,14)5(17,18)7(20,21)22)2(11,12)4(15,16)6(19,26)8(23,24)25. The van der Waals surface area contributed by atoms with Crippen LogP contribution in [0.3, 0.4) is 0 Å². The maximum Gasteiger partial charge on any atom is 0.212 e. The molecule has 0 aliphatic rings. The molecule has 0 aliphatic carbocycles. The molecule has 0 spiro atoms. The maximum absolute atomic E-state index is 13.9. The van der Waals surface area contributed by atoms with Crippen molar-refractivity contribution in [1.29, 1.82) is 0 Å². The highest BCUT2D eigenvalue weighted by Gasteiger charge is 2.77. The molecular weight excluding hydrogens is 2270 g/mol. The van der Waals surface area contributed by atoms with Crippen LogP contribution in [0.1, 0.15) is 0 Å². The molecule has 0 bridgehead atoms. The molecule has 0 aliphatic heterocycles. The lowest BCUT2D eigenvalue weighted by Gasteiger charge is -2.57. The van der Waals surface area contributed by atoms with Gasteiger partial charge in [0, 0.05) is 0 Å². The van der Waals surface area contributed by atoms with Gasteiger partial charge in [-0.3, -0.25) is 0 Å². The fourth-order valence-electron chi connectivity index (χ4n) is 1.15. The second-order valence-electron chi connectivity index (χ2n) is 4.46. The molecule has 0 saturated heterocycles. The molecule has 18 heteroatoms. The van der Waals surface area contributed by atoms with E-state index < -0.39 is 4.47 Å². The zero-order chi connectivity index (χ0) is 22.0. The van der Waals surface area contributed by atoms with Gasteiger partial charge in [0.05, 0.1) is 0 Å². The Morgan fingerprint density at radius 3 is 0.769 bits per heavy atom. The Labute approximate surface area is 386 Å². The van der Waals surface area contributed by atoms with E-state index in [1.807, 2.05) is 0 Å². The minimum atomic E-state index is -1.19. The molecule has 157 valence electrons. The van der Waals surface area contributed by atoms with Gasteiger partial charge in [-0.05, 0) is 22.6 Å². The Kier molecular flexibility index (Phi) is 20.0. The van der Waals surface area contributed by atoms with Gasteiger partial charge in [0.2, 0.25) is 3.61 Å². The third-order valence-electron chi connectivity index (χ3n) is 2.70. The topological polar surface area (TPSA) is 19.9 Å². The first kappa shape index (κ1) is 38.4. The van der Waals surface area contributed by atoms with Crippen LogP contribution in [0.25, 0.3) is 0 Å². The summed E-state index contributed by atoms with van der Waals surface area (Å²) in [7, 11) is 0. The summed E-state index contributed by atoms with van der Waals surface area (Å²) < 4.78 is -2.99. The van der Waals surface area contributed by atoms with E-state index in [4.69, 9.17) is 0 Å². The van der Waals surface area contributed by atoms with E-state index in [9.17, 15) is 5.11 Å². The Morgan fingerprint density at radius 2 is 0.538 bits per heavy atom. The molecule has 26 heavy (non-hydrogen) atoms. The molecule has 1 unspecified atom stereocenters.